The average Bonchev–Trinajstić information content (AvgIpc) is 2.37. The molecule has 0 rings (SSSR count). The van der Waals surface area contributed by atoms with E-state index >= 15 is 0 Å². The summed E-state index contributed by atoms with van der Waals surface area (Å²) in [5, 5.41) is 51.4. The van der Waals surface area contributed by atoms with E-state index in [1.807, 2.05) is 0 Å². The first kappa shape index (κ1) is 13.4. The van der Waals surface area contributed by atoms with E-state index < -0.39 is 22.9 Å². The molecule has 76 valence electrons. The average molecular weight is 219 g/mol. The molecule has 0 unspecified atom stereocenters. The van der Waals surface area contributed by atoms with Crippen LogP contribution in [0.3, 0.4) is 0 Å². The van der Waals surface area contributed by atoms with Crippen LogP contribution in [0.5, 0.6) is 0 Å². The molecule has 0 heterocycles. The number of rotatable bonds is 2. The number of nitriles is 6. The molecular formula is C10HN7. The highest BCUT2D eigenvalue weighted by molar-refractivity contribution is 6.04. The van der Waals surface area contributed by atoms with Gasteiger partial charge >= 0.3 is 0 Å². The molecule has 0 amide bonds. The lowest BCUT2D eigenvalue weighted by molar-refractivity contribution is 1.14. The van der Waals surface area contributed by atoms with Gasteiger partial charge in [0, 0.05) is 0 Å². The Kier molecular flexibility index (Phi) is 5.30. The summed E-state index contributed by atoms with van der Waals surface area (Å²) in [5.74, 6) is -1.44. The number of hydrogen-bond acceptors (Lipinski definition) is 7. The Labute approximate surface area is 96.6 Å². The second-order valence-electron chi connectivity index (χ2n) is 2.36. The van der Waals surface area contributed by atoms with Gasteiger partial charge in [-0.25, -0.2) is 4.99 Å². The van der Waals surface area contributed by atoms with E-state index in [4.69, 9.17) is 31.6 Å². The van der Waals surface area contributed by atoms with Crippen molar-refractivity contribution < 1.29 is 0 Å². The van der Waals surface area contributed by atoms with Crippen LogP contribution in [0.2, 0.25) is 0 Å². The molecule has 0 saturated heterocycles. The summed E-state index contributed by atoms with van der Waals surface area (Å²) in [6.07, 6.45) is 0. The molecule has 7 heteroatoms. The highest BCUT2D eigenvalue weighted by atomic mass is 14.8. The predicted molar refractivity (Wildman–Crippen MR) is 51.6 cm³/mol. The molecule has 0 aliphatic carbocycles. The fourth-order valence-corrected chi connectivity index (χ4v) is 0.693. The molecule has 0 aliphatic heterocycles. The Hall–Kier alpha value is -3.65. The van der Waals surface area contributed by atoms with Crippen molar-refractivity contribution in [3.63, 3.8) is 0 Å². The standard InChI is InChI=1S/C10HN7/c11-1-7(2-12)9(5-15)17-10(6-16)8(3-13)4-14/h7H. The molecule has 0 N–H and O–H groups in total. The van der Waals surface area contributed by atoms with Crippen LogP contribution in [0.25, 0.3) is 0 Å². The molecule has 0 aromatic heterocycles. The Bertz CT molecular complexity index is 595. The Morgan fingerprint density at radius 2 is 1.29 bits per heavy atom. The van der Waals surface area contributed by atoms with E-state index in [0.717, 1.165) is 0 Å². The van der Waals surface area contributed by atoms with Gasteiger partial charge in [0.15, 0.2) is 22.9 Å². The summed E-state index contributed by atoms with van der Waals surface area (Å²) < 4.78 is 0. The minimum Gasteiger partial charge on any atom is -0.226 e. The fraction of sp³-hybridized carbons (Fsp3) is 0.100. The van der Waals surface area contributed by atoms with Crippen molar-refractivity contribution in [2.45, 2.75) is 0 Å². The minimum absolute atomic E-state index is 0.533. The molecule has 0 radical (unpaired) electrons. The Morgan fingerprint density at radius 3 is 1.59 bits per heavy atom. The number of allylic oxidation sites excluding steroid dienone is 2. The lowest BCUT2D eigenvalue weighted by Gasteiger charge is -1.95. The van der Waals surface area contributed by atoms with Crippen molar-refractivity contribution in [1.29, 1.82) is 31.6 Å². The van der Waals surface area contributed by atoms with Crippen molar-refractivity contribution >= 4 is 5.71 Å². The Morgan fingerprint density at radius 1 is 0.765 bits per heavy atom. The van der Waals surface area contributed by atoms with Gasteiger partial charge in [0.25, 0.3) is 0 Å². The first-order valence-corrected chi connectivity index (χ1v) is 3.90. The van der Waals surface area contributed by atoms with Crippen LogP contribution in [-0.4, -0.2) is 5.71 Å². The molecule has 0 aromatic rings. The molecule has 17 heavy (non-hydrogen) atoms. The third kappa shape index (κ3) is 3.19. The quantitative estimate of drug-likeness (QED) is 0.484. The topological polar surface area (TPSA) is 155 Å². The minimum atomic E-state index is -1.44. The van der Waals surface area contributed by atoms with Gasteiger partial charge in [-0.2, -0.15) is 31.6 Å². The van der Waals surface area contributed by atoms with Crippen molar-refractivity contribution in [3.8, 4) is 36.4 Å². The van der Waals surface area contributed by atoms with Crippen LogP contribution < -0.4 is 0 Å². The van der Waals surface area contributed by atoms with E-state index in [1.165, 1.54) is 36.4 Å². The van der Waals surface area contributed by atoms with Gasteiger partial charge in [-0.3, -0.25) is 0 Å². The summed E-state index contributed by atoms with van der Waals surface area (Å²) in [5.41, 5.74) is -1.72. The van der Waals surface area contributed by atoms with Gasteiger partial charge in [0.2, 0.25) is 0 Å². The van der Waals surface area contributed by atoms with E-state index in [-0.39, 0.29) is 0 Å². The number of hydrogen-bond donors (Lipinski definition) is 0. The summed E-state index contributed by atoms with van der Waals surface area (Å²) >= 11 is 0. The third-order valence-corrected chi connectivity index (χ3v) is 1.44. The van der Waals surface area contributed by atoms with Crippen molar-refractivity contribution in [3.05, 3.63) is 11.3 Å². The first-order chi connectivity index (χ1) is 8.18. The van der Waals surface area contributed by atoms with E-state index in [1.54, 1.807) is 0 Å². The molecule has 7 nitrogen and oxygen atoms in total. The molecule has 0 fully saturated rings. The Balaban J connectivity index is 5.83. The van der Waals surface area contributed by atoms with Crippen molar-refractivity contribution in [2.75, 3.05) is 0 Å². The highest BCUT2D eigenvalue weighted by Crippen LogP contribution is 2.07. The first-order valence-electron chi connectivity index (χ1n) is 3.90. The number of nitrogens with zero attached hydrogens (tertiary/aromatic N) is 7. The van der Waals surface area contributed by atoms with Crippen LogP contribution in [0.4, 0.5) is 0 Å². The normalized spacial score (nSPS) is 8.53. The summed E-state index contributed by atoms with van der Waals surface area (Å²) in [7, 11) is 0. The van der Waals surface area contributed by atoms with E-state index in [2.05, 4.69) is 4.99 Å². The van der Waals surface area contributed by atoms with Gasteiger partial charge in [0.1, 0.15) is 24.3 Å². The smallest absolute Gasteiger partial charge is 0.185 e. The van der Waals surface area contributed by atoms with Gasteiger partial charge < -0.3 is 0 Å². The molecule has 0 spiro atoms. The van der Waals surface area contributed by atoms with Crippen LogP contribution in [-0.2, 0) is 0 Å². The number of aliphatic imine (C=N–C) groups is 1. The van der Waals surface area contributed by atoms with Crippen LogP contribution in [0, 0.1) is 73.9 Å². The lowest BCUT2D eigenvalue weighted by Crippen LogP contribution is -2.08. The van der Waals surface area contributed by atoms with E-state index in [9.17, 15) is 0 Å². The second-order valence-corrected chi connectivity index (χ2v) is 2.36. The molecule has 0 atom stereocenters. The maximum absolute atomic E-state index is 8.65. The highest BCUT2D eigenvalue weighted by Gasteiger charge is 2.16. The zero-order valence-corrected chi connectivity index (χ0v) is 8.21. The van der Waals surface area contributed by atoms with Gasteiger partial charge in [0.05, 0.1) is 12.1 Å². The fourth-order valence-electron chi connectivity index (χ4n) is 0.693. The second kappa shape index (κ2) is 6.75. The van der Waals surface area contributed by atoms with Crippen molar-refractivity contribution in [1.82, 2.24) is 0 Å². The summed E-state index contributed by atoms with van der Waals surface area (Å²) in [6.45, 7) is 0. The summed E-state index contributed by atoms with van der Waals surface area (Å²) in [4.78, 5) is 3.38. The van der Waals surface area contributed by atoms with Gasteiger partial charge in [-0.1, -0.05) is 0 Å². The van der Waals surface area contributed by atoms with Gasteiger partial charge in [-0.15, -0.1) is 0 Å². The molecule has 0 bridgehead atoms. The van der Waals surface area contributed by atoms with Crippen molar-refractivity contribution in [2.24, 2.45) is 10.9 Å². The van der Waals surface area contributed by atoms with E-state index in [0.29, 0.717) is 0 Å². The third-order valence-electron chi connectivity index (χ3n) is 1.44. The monoisotopic (exact) mass is 219 g/mol. The van der Waals surface area contributed by atoms with Crippen LogP contribution in [0.15, 0.2) is 16.3 Å². The molecule has 0 saturated carbocycles. The maximum Gasteiger partial charge on any atom is 0.185 e. The lowest BCUT2D eigenvalue weighted by atomic mass is 10.1. The molecule has 0 aliphatic rings. The zero-order chi connectivity index (χ0) is 13.3. The molecular weight excluding hydrogens is 218 g/mol. The van der Waals surface area contributed by atoms with Gasteiger partial charge in [-0.05, 0) is 0 Å². The zero-order valence-electron chi connectivity index (χ0n) is 8.21. The SMILES string of the molecule is N#CC(=NC(C#N)=C(C#N)C#N)C(C#N)C#N. The largest absolute Gasteiger partial charge is 0.226 e. The summed E-state index contributed by atoms with van der Waals surface area (Å²) in [6, 6.07) is 8.75. The van der Waals surface area contributed by atoms with Crippen LogP contribution >= 0.6 is 0 Å². The van der Waals surface area contributed by atoms with Crippen LogP contribution in [0.1, 0.15) is 0 Å². The molecule has 0 aromatic carbocycles. The maximum atomic E-state index is 8.65. The predicted octanol–water partition coefficient (Wildman–Crippen LogP) is 0.439.